The first kappa shape index (κ1) is 8.34. The van der Waals surface area contributed by atoms with E-state index in [-0.39, 0.29) is 0 Å². The van der Waals surface area contributed by atoms with Gasteiger partial charge in [-0.05, 0) is 28.5 Å². The number of hydrogen-bond donors (Lipinski definition) is 0. The zero-order valence-corrected chi connectivity index (χ0v) is 8.98. The van der Waals surface area contributed by atoms with Crippen molar-refractivity contribution in [3.05, 3.63) is 47.5 Å². The predicted molar refractivity (Wildman–Crippen MR) is 65.8 cm³/mol. The molecule has 0 N–H and O–H groups in total. The number of fused-ring (bicyclic) bond motifs is 4. The molecule has 0 aliphatic carbocycles. The van der Waals surface area contributed by atoms with Gasteiger partial charge in [-0.2, -0.15) is 0 Å². The summed E-state index contributed by atoms with van der Waals surface area (Å²) in [6.07, 6.45) is 0. The summed E-state index contributed by atoms with van der Waals surface area (Å²) in [5, 5.41) is 2.65. The molecule has 0 aromatic heterocycles. The molecule has 2 nitrogen and oxygen atoms in total. The van der Waals surface area contributed by atoms with Crippen molar-refractivity contribution in [3.8, 4) is 0 Å². The van der Waals surface area contributed by atoms with Gasteiger partial charge < -0.3 is 4.90 Å². The molecule has 0 spiro atoms. The molecular weight excluding hydrogens is 196 g/mol. The van der Waals surface area contributed by atoms with Gasteiger partial charge in [0, 0.05) is 18.7 Å². The largest absolute Gasteiger partial charge is 0.350 e. The van der Waals surface area contributed by atoms with Gasteiger partial charge >= 0.3 is 0 Å². The summed E-state index contributed by atoms with van der Waals surface area (Å²) in [5.41, 5.74) is 2.77. The maximum atomic E-state index is 4.59. The Labute approximate surface area is 94.2 Å². The molecule has 2 heterocycles. The molecule has 2 heteroatoms. The van der Waals surface area contributed by atoms with Crippen LogP contribution in [0.1, 0.15) is 11.1 Å². The molecule has 2 aliphatic heterocycles. The van der Waals surface area contributed by atoms with E-state index in [9.17, 15) is 0 Å². The molecule has 0 amide bonds. The average molecular weight is 208 g/mol. The van der Waals surface area contributed by atoms with Gasteiger partial charge in [-0.25, -0.2) is 0 Å². The number of aliphatic imine (C=N–C) groups is 1. The van der Waals surface area contributed by atoms with Crippen LogP contribution in [0.3, 0.4) is 0 Å². The molecule has 4 rings (SSSR count). The van der Waals surface area contributed by atoms with Gasteiger partial charge in [0.1, 0.15) is 5.84 Å². The minimum Gasteiger partial charge on any atom is -0.350 e. The minimum absolute atomic E-state index is 0.960. The van der Waals surface area contributed by atoms with Crippen LogP contribution in [-0.2, 0) is 6.54 Å². The molecule has 2 aromatic rings. The molecule has 0 atom stereocenters. The molecule has 16 heavy (non-hydrogen) atoms. The van der Waals surface area contributed by atoms with Crippen LogP contribution in [0.2, 0.25) is 0 Å². The van der Waals surface area contributed by atoms with Crippen LogP contribution in [0.4, 0.5) is 0 Å². The number of benzene rings is 2. The number of rotatable bonds is 0. The summed E-state index contributed by atoms with van der Waals surface area (Å²) in [4.78, 5) is 6.97. The molecule has 2 aliphatic rings. The lowest BCUT2D eigenvalue weighted by molar-refractivity contribution is 0.470. The highest BCUT2D eigenvalue weighted by Crippen LogP contribution is 2.29. The second-order valence-corrected chi connectivity index (χ2v) is 4.48. The van der Waals surface area contributed by atoms with Gasteiger partial charge in [-0.15, -0.1) is 0 Å². The Morgan fingerprint density at radius 2 is 1.88 bits per heavy atom. The zero-order chi connectivity index (χ0) is 10.5. The lowest BCUT2D eigenvalue weighted by Crippen LogP contribution is -2.20. The third-order valence-electron chi connectivity index (χ3n) is 3.50. The summed E-state index contributed by atoms with van der Waals surface area (Å²) in [5.74, 6) is 1.21. The Hall–Kier alpha value is -1.83. The van der Waals surface area contributed by atoms with Crippen LogP contribution in [0.5, 0.6) is 0 Å². The van der Waals surface area contributed by atoms with E-state index in [1.807, 2.05) is 0 Å². The van der Waals surface area contributed by atoms with E-state index in [1.54, 1.807) is 0 Å². The SMILES string of the molecule is c1ccc2cc3c(cc2c1)CN1CCN=C31. The van der Waals surface area contributed by atoms with Crippen molar-refractivity contribution in [2.24, 2.45) is 4.99 Å². The molecule has 0 unspecified atom stereocenters. The summed E-state index contributed by atoms with van der Waals surface area (Å²) in [6.45, 7) is 3.08. The highest BCUT2D eigenvalue weighted by molar-refractivity contribution is 6.06. The molecular formula is C14H12N2. The predicted octanol–water partition coefficient (Wildman–Crippen LogP) is 2.42. The Kier molecular flexibility index (Phi) is 1.48. The monoisotopic (exact) mass is 208 g/mol. The standard InChI is InChI=1S/C14H12N2/c1-2-4-11-8-13-12(7-10(11)3-1)9-16-6-5-15-14(13)16/h1-4,7-8H,5-6,9H2. The van der Waals surface area contributed by atoms with Gasteiger partial charge in [0.05, 0.1) is 6.54 Å². The van der Waals surface area contributed by atoms with Crippen LogP contribution in [0.25, 0.3) is 10.8 Å². The average Bonchev–Trinajstić information content (AvgIpc) is 2.86. The first-order valence-electron chi connectivity index (χ1n) is 5.73. The second kappa shape index (κ2) is 2.85. The highest BCUT2D eigenvalue weighted by atomic mass is 15.3. The summed E-state index contributed by atoms with van der Waals surface area (Å²) in [7, 11) is 0. The third-order valence-corrected chi connectivity index (χ3v) is 3.50. The van der Waals surface area contributed by atoms with Gasteiger partial charge in [0.15, 0.2) is 0 Å². The maximum absolute atomic E-state index is 4.59. The summed E-state index contributed by atoms with van der Waals surface area (Å²) >= 11 is 0. The number of nitrogens with zero attached hydrogens (tertiary/aromatic N) is 2. The number of amidine groups is 1. The Balaban J connectivity index is 2.03. The van der Waals surface area contributed by atoms with Crippen LogP contribution in [0.15, 0.2) is 41.4 Å². The van der Waals surface area contributed by atoms with Crippen LogP contribution in [0, 0.1) is 0 Å². The normalized spacial score (nSPS) is 17.5. The van der Waals surface area contributed by atoms with Crippen LogP contribution < -0.4 is 0 Å². The summed E-state index contributed by atoms with van der Waals surface area (Å²) in [6, 6.07) is 13.1. The lowest BCUT2D eigenvalue weighted by atomic mass is 10.0. The Morgan fingerprint density at radius 3 is 2.75 bits per heavy atom. The molecule has 0 radical (unpaired) electrons. The van der Waals surface area contributed by atoms with Crippen molar-refractivity contribution in [2.45, 2.75) is 6.54 Å². The maximum Gasteiger partial charge on any atom is 0.131 e. The van der Waals surface area contributed by atoms with E-state index in [0.717, 1.165) is 19.6 Å². The molecule has 78 valence electrons. The van der Waals surface area contributed by atoms with E-state index in [1.165, 1.54) is 27.7 Å². The zero-order valence-electron chi connectivity index (χ0n) is 8.98. The molecule has 2 aromatic carbocycles. The third kappa shape index (κ3) is 0.990. The van der Waals surface area contributed by atoms with Crippen molar-refractivity contribution >= 4 is 16.6 Å². The van der Waals surface area contributed by atoms with Crippen molar-refractivity contribution in [1.82, 2.24) is 4.90 Å². The quantitative estimate of drug-likeness (QED) is 0.649. The van der Waals surface area contributed by atoms with E-state index in [2.05, 4.69) is 46.3 Å². The topological polar surface area (TPSA) is 15.6 Å². The fourth-order valence-corrected chi connectivity index (χ4v) is 2.72. The summed E-state index contributed by atoms with van der Waals surface area (Å²) < 4.78 is 0. The molecule has 0 bridgehead atoms. The van der Waals surface area contributed by atoms with Crippen molar-refractivity contribution in [3.63, 3.8) is 0 Å². The Bertz CT molecular complexity index is 613. The van der Waals surface area contributed by atoms with Crippen molar-refractivity contribution in [1.29, 1.82) is 0 Å². The second-order valence-electron chi connectivity index (χ2n) is 4.48. The van der Waals surface area contributed by atoms with Gasteiger partial charge in [-0.3, -0.25) is 4.99 Å². The van der Waals surface area contributed by atoms with E-state index >= 15 is 0 Å². The lowest BCUT2D eigenvalue weighted by Gasteiger charge is -2.09. The van der Waals surface area contributed by atoms with E-state index < -0.39 is 0 Å². The smallest absolute Gasteiger partial charge is 0.131 e. The first-order valence-corrected chi connectivity index (χ1v) is 5.73. The fraction of sp³-hybridized carbons (Fsp3) is 0.214. The molecule has 0 saturated heterocycles. The van der Waals surface area contributed by atoms with Gasteiger partial charge in [0.25, 0.3) is 0 Å². The van der Waals surface area contributed by atoms with Crippen molar-refractivity contribution < 1.29 is 0 Å². The number of hydrogen-bond acceptors (Lipinski definition) is 2. The fourth-order valence-electron chi connectivity index (χ4n) is 2.72. The Morgan fingerprint density at radius 1 is 1.06 bits per heavy atom. The van der Waals surface area contributed by atoms with Gasteiger partial charge in [-0.1, -0.05) is 24.3 Å². The van der Waals surface area contributed by atoms with Crippen LogP contribution >= 0.6 is 0 Å². The van der Waals surface area contributed by atoms with Crippen molar-refractivity contribution in [2.75, 3.05) is 13.1 Å². The van der Waals surface area contributed by atoms with E-state index in [4.69, 9.17) is 0 Å². The molecule has 0 fully saturated rings. The molecule has 0 saturated carbocycles. The minimum atomic E-state index is 0.960. The van der Waals surface area contributed by atoms with E-state index in [0.29, 0.717) is 0 Å². The highest BCUT2D eigenvalue weighted by Gasteiger charge is 2.28. The van der Waals surface area contributed by atoms with Gasteiger partial charge in [0.2, 0.25) is 0 Å². The van der Waals surface area contributed by atoms with Crippen LogP contribution in [-0.4, -0.2) is 23.8 Å². The first-order chi connectivity index (χ1) is 7.92.